The van der Waals surface area contributed by atoms with Crippen LogP contribution in [0.1, 0.15) is 50.5 Å². The Kier molecular flexibility index (Phi) is 5.44. The van der Waals surface area contributed by atoms with Crippen molar-refractivity contribution in [1.29, 1.82) is 0 Å². The highest BCUT2D eigenvalue weighted by Crippen LogP contribution is 2.40. The van der Waals surface area contributed by atoms with Crippen LogP contribution in [-0.2, 0) is 9.59 Å². The summed E-state index contributed by atoms with van der Waals surface area (Å²) in [6, 6.07) is 5.74. The van der Waals surface area contributed by atoms with E-state index in [1.54, 1.807) is 6.07 Å². The van der Waals surface area contributed by atoms with E-state index < -0.39 is 0 Å². The van der Waals surface area contributed by atoms with Crippen LogP contribution in [0.25, 0.3) is 0 Å². The summed E-state index contributed by atoms with van der Waals surface area (Å²) in [6.45, 7) is 1.88. The van der Waals surface area contributed by atoms with Gasteiger partial charge in [-0.3, -0.25) is 9.59 Å². The van der Waals surface area contributed by atoms with Gasteiger partial charge in [0.2, 0.25) is 11.8 Å². The number of nitrogens with one attached hydrogen (secondary N) is 2. The Hall–Kier alpha value is -1.55. The third-order valence-corrected chi connectivity index (χ3v) is 5.60. The fraction of sp³-hybridized carbons (Fsp3) is 0.579. The number of halogens is 1. The average Bonchev–Trinajstić information content (AvgIpc) is 3.36. The molecule has 0 bridgehead atoms. The van der Waals surface area contributed by atoms with Gasteiger partial charge < -0.3 is 10.6 Å². The van der Waals surface area contributed by atoms with Crippen molar-refractivity contribution in [3.05, 3.63) is 28.8 Å². The maximum Gasteiger partial charge on any atom is 0.228 e. The Balaban J connectivity index is 1.51. The zero-order chi connectivity index (χ0) is 17.1. The van der Waals surface area contributed by atoms with E-state index in [0.29, 0.717) is 17.5 Å². The Morgan fingerprint density at radius 1 is 1.04 bits per heavy atom. The van der Waals surface area contributed by atoms with Crippen LogP contribution in [0.2, 0.25) is 5.02 Å². The SMILES string of the molecule is Cc1c(Cl)cccc1NC(=O)C1CC1C(=O)NC1CCCCCC1. The molecule has 0 aromatic heterocycles. The van der Waals surface area contributed by atoms with E-state index in [1.807, 2.05) is 19.1 Å². The summed E-state index contributed by atoms with van der Waals surface area (Å²) in [4.78, 5) is 24.7. The number of benzene rings is 1. The Bertz CT molecular complexity index is 624. The summed E-state index contributed by atoms with van der Waals surface area (Å²) >= 11 is 6.08. The van der Waals surface area contributed by atoms with E-state index in [0.717, 1.165) is 24.1 Å². The standard InChI is InChI=1S/C19H25ClN2O2/c1-12-16(20)9-6-10-17(12)22-19(24)15-11-14(15)18(23)21-13-7-4-2-3-5-8-13/h6,9-10,13-15H,2-5,7-8,11H2,1H3,(H,21,23)(H,22,24). The second-order valence-corrected chi connectivity index (χ2v) is 7.45. The van der Waals surface area contributed by atoms with Gasteiger partial charge in [-0.2, -0.15) is 0 Å². The van der Waals surface area contributed by atoms with Crippen molar-refractivity contribution >= 4 is 29.1 Å². The van der Waals surface area contributed by atoms with Crippen molar-refractivity contribution in [1.82, 2.24) is 5.32 Å². The molecule has 130 valence electrons. The molecule has 1 aromatic rings. The first kappa shape index (κ1) is 17.3. The molecule has 24 heavy (non-hydrogen) atoms. The number of amides is 2. The predicted octanol–water partition coefficient (Wildman–Crippen LogP) is 4.06. The minimum absolute atomic E-state index is 0.0462. The zero-order valence-corrected chi connectivity index (χ0v) is 14.9. The number of rotatable bonds is 4. The predicted molar refractivity (Wildman–Crippen MR) is 96.0 cm³/mol. The number of anilines is 1. The fourth-order valence-electron chi connectivity index (χ4n) is 3.47. The van der Waals surface area contributed by atoms with Crippen LogP contribution in [0.4, 0.5) is 5.69 Å². The smallest absolute Gasteiger partial charge is 0.228 e. The van der Waals surface area contributed by atoms with Crippen LogP contribution in [-0.4, -0.2) is 17.9 Å². The van der Waals surface area contributed by atoms with Crippen molar-refractivity contribution in [2.75, 3.05) is 5.32 Å². The average molecular weight is 349 g/mol. The Morgan fingerprint density at radius 2 is 1.71 bits per heavy atom. The lowest BCUT2D eigenvalue weighted by Gasteiger charge is -2.16. The van der Waals surface area contributed by atoms with Gasteiger partial charge >= 0.3 is 0 Å². The maximum atomic E-state index is 12.4. The van der Waals surface area contributed by atoms with Crippen molar-refractivity contribution in [2.24, 2.45) is 11.8 Å². The summed E-state index contributed by atoms with van der Waals surface area (Å²) in [7, 11) is 0. The summed E-state index contributed by atoms with van der Waals surface area (Å²) in [5.41, 5.74) is 1.58. The highest BCUT2D eigenvalue weighted by atomic mass is 35.5. The first-order valence-corrected chi connectivity index (χ1v) is 9.30. The van der Waals surface area contributed by atoms with E-state index in [4.69, 9.17) is 11.6 Å². The van der Waals surface area contributed by atoms with E-state index in [1.165, 1.54) is 25.7 Å². The molecule has 2 amide bonds. The van der Waals surface area contributed by atoms with Crippen LogP contribution >= 0.6 is 11.6 Å². The quantitative estimate of drug-likeness (QED) is 0.806. The molecule has 2 fully saturated rings. The number of carbonyl (C=O) groups excluding carboxylic acids is 2. The lowest BCUT2D eigenvalue weighted by atomic mass is 10.1. The highest BCUT2D eigenvalue weighted by Gasteiger charge is 2.48. The van der Waals surface area contributed by atoms with E-state index in [2.05, 4.69) is 10.6 Å². The van der Waals surface area contributed by atoms with E-state index >= 15 is 0 Å². The van der Waals surface area contributed by atoms with Gasteiger partial charge in [0.05, 0.1) is 11.8 Å². The van der Waals surface area contributed by atoms with Gasteiger partial charge in [-0.25, -0.2) is 0 Å². The summed E-state index contributed by atoms with van der Waals surface area (Å²) < 4.78 is 0. The van der Waals surface area contributed by atoms with Crippen LogP contribution < -0.4 is 10.6 Å². The van der Waals surface area contributed by atoms with E-state index in [-0.39, 0.29) is 23.7 Å². The molecule has 5 heteroatoms. The second kappa shape index (κ2) is 7.56. The lowest BCUT2D eigenvalue weighted by Crippen LogP contribution is -2.36. The van der Waals surface area contributed by atoms with Gasteiger partial charge in [0.1, 0.15) is 0 Å². The molecule has 0 aliphatic heterocycles. The topological polar surface area (TPSA) is 58.2 Å². The number of hydrogen-bond donors (Lipinski definition) is 2. The molecular weight excluding hydrogens is 324 g/mol. The van der Waals surface area contributed by atoms with Gasteiger partial charge in [-0.1, -0.05) is 43.4 Å². The van der Waals surface area contributed by atoms with Crippen LogP contribution in [0.15, 0.2) is 18.2 Å². The molecular formula is C19H25ClN2O2. The van der Waals surface area contributed by atoms with Gasteiger partial charge in [0.25, 0.3) is 0 Å². The van der Waals surface area contributed by atoms with Gasteiger partial charge in [0, 0.05) is 16.8 Å². The first-order valence-electron chi connectivity index (χ1n) is 8.92. The van der Waals surface area contributed by atoms with Crippen LogP contribution in [0.5, 0.6) is 0 Å². The molecule has 0 heterocycles. The monoisotopic (exact) mass is 348 g/mol. The minimum Gasteiger partial charge on any atom is -0.353 e. The highest BCUT2D eigenvalue weighted by molar-refractivity contribution is 6.31. The molecule has 3 rings (SSSR count). The minimum atomic E-state index is -0.214. The third-order valence-electron chi connectivity index (χ3n) is 5.19. The van der Waals surface area contributed by atoms with E-state index in [9.17, 15) is 9.59 Å². The molecule has 2 saturated carbocycles. The van der Waals surface area contributed by atoms with Crippen LogP contribution in [0, 0.1) is 18.8 Å². The molecule has 0 radical (unpaired) electrons. The third kappa shape index (κ3) is 4.10. The molecule has 4 nitrogen and oxygen atoms in total. The largest absolute Gasteiger partial charge is 0.353 e. The van der Waals surface area contributed by atoms with Gasteiger partial charge in [-0.05, 0) is 43.9 Å². The lowest BCUT2D eigenvalue weighted by molar-refractivity contribution is -0.125. The first-order chi connectivity index (χ1) is 11.6. The molecule has 2 aliphatic carbocycles. The summed E-state index contributed by atoms with van der Waals surface area (Å²) in [6.07, 6.45) is 7.68. The maximum absolute atomic E-state index is 12.4. The molecule has 2 unspecified atom stereocenters. The van der Waals surface area contributed by atoms with Crippen molar-refractivity contribution in [3.63, 3.8) is 0 Å². The van der Waals surface area contributed by atoms with Gasteiger partial charge in [-0.15, -0.1) is 0 Å². The molecule has 0 spiro atoms. The normalized spacial score (nSPS) is 24.1. The van der Waals surface area contributed by atoms with Crippen LogP contribution in [0.3, 0.4) is 0 Å². The summed E-state index contributed by atoms with van der Waals surface area (Å²) in [5, 5.41) is 6.69. The van der Waals surface area contributed by atoms with Crippen molar-refractivity contribution in [2.45, 2.75) is 57.9 Å². The van der Waals surface area contributed by atoms with Gasteiger partial charge in [0.15, 0.2) is 0 Å². The molecule has 2 aliphatic rings. The molecule has 0 saturated heterocycles. The van der Waals surface area contributed by atoms with Crippen molar-refractivity contribution < 1.29 is 9.59 Å². The molecule has 1 aromatic carbocycles. The molecule has 2 atom stereocenters. The number of carbonyl (C=O) groups is 2. The van der Waals surface area contributed by atoms with Crippen molar-refractivity contribution in [3.8, 4) is 0 Å². The second-order valence-electron chi connectivity index (χ2n) is 7.05. The molecule has 2 N–H and O–H groups in total. The zero-order valence-electron chi connectivity index (χ0n) is 14.1. The Morgan fingerprint density at radius 3 is 2.42 bits per heavy atom. The Labute approximate surface area is 148 Å². The number of hydrogen-bond acceptors (Lipinski definition) is 2. The fourth-order valence-corrected chi connectivity index (χ4v) is 3.65. The summed E-state index contributed by atoms with van der Waals surface area (Å²) in [5.74, 6) is -0.423.